The van der Waals surface area contributed by atoms with Crippen molar-refractivity contribution in [1.82, 2.24) is 19.1 Å². The molecule has 0 radical (unpaired) electrons. The highest BCUT2D eigenvalue weighted by atomic mass is 35.5. The lowest BCUT2D eigenvalue weighted by molar-refractivity contribution is 0.0600. The van der Waals surface area contributed by atoms with E-state index in [1.807, 2.05) is 25.3 Å². The summed E-state index contributed by atoms with van der Waals surface area (Å²) in [4.78, 5) is 38.4. The summed E-state index contributed by atoms with van der Waals surface area (Å²) >= 11 is 7.41. The highest BCUT2D eigenvalue weighted by molar-refractivity contribution is 7.98. The van der Waals surface area contributed by atoms with Gasteiger partial charge in [-0.25, -0.2) is 14.6 Å². The minimum absolute atomic E-state index is 0.200. The summed E-state index contributed by atoms with van der Waals surface area (Å²) in [6.45, 7) is 2.68. The maximum atomic E-state index is 13.3. The van der Waals surface area contributed by atoms with E-state index >= 15 is 0 Å². The molecule has 2 aromatic carbocycles. The molecule has 0 spiro atoms. The van der Waals surface area contributed by atoms with Crippen LogP contribution in [0.4, 0.5) is 5.69 Å². The van der Waals surface area contributed by atoms with Crippen LogP contribution in [0.5, 0.6) is 11.5 Å². The zero-order chi connectivity index (χ0) is 26.4. The Kier molecular flexibility index (Phi) is 8.42. The van der Waals surface area contributed by atoms with E-state index in [1.54, 1.807) is 51.6 Å². The first-order chi connectivity index (χ1) is 17.9. The van der Waals surface area contributed by atoms with E-state index in [2.05, 4.69) is 15.0 Å². The molecule has 0 atom stereocenters. The summed E-state index contributed by atoms with van der Waals surface area (Å²) in [5.41, 5.74) is 1.86. The number of hydrogen-bond donors (Lipinski definition) is 0. The lowest BCUT2D eigenvalue weighted by Gasteiger charge is -2.13. The number of pyridine rings is 1. The zero-order valence-corrected chi connectivity index (χ0v) is 22.0. The van der Waals surface area contributed by atoms with Crippen molar-refractivity contribution in [3.05, 3.63) is 99.2 Å². The minimum atomic E-state index is -0.499. The number of methoxy groups -OCH3 is 1. The number of rotatable bonds is 8. The van der Waals surface area contributed by atoms with E-state index in [4.69, 9.17) is 21.1 Å². The summed E-state index contributed by atoms with van der Waals surface area (Å²) in [5, 5.41) is 1.20. The first-order valence-electron chi connectivity index (χ1n) is 11.3. The van der Waals surface area contributed by atoms with Crippen LogP contribution in [0.3, 0.4) is 0 Å². The molecule has 11 heteroatoms. The predicted molar refractivity (Wildman–Crippen MR) is 142 cm³/mol. The molecule has 0 fully saturated rings. The maximum Gasteiger partial charge on any atom is 0.339 e. The maximum absolute atomic E-state index is 13.3. The topological polar surface area (TPSA) is 101 Å². The Bertz CT molecular complexity index is 1530. The molecule has 190 valence electrons. The molecule has 0 aliphatic heterocycles. The molecule has 4 aromatic rings. The molecule has 0 saturated carbocycles. The average molecular weight is 538 g/mol. The molecule has 2 aromatic heterocycles. The number of carbonyl (C=O) groups excluding carboxylic acids is 1. The molecule has 0 aliphatic carbocycles. The summed E-state index contributed by atoms with van der Waals surface area (Å²) in [6, 6.07) is 15.8. The van der Waals surface area contributed by atoms with Crippen LogP contribution in [0.25, 0.3) is 0 Å². The van der Waals surface area contributed by atoms with Gasteiger partial charge in [0.1, 0.15) is 11.5 Å². The lowest BCUT2D eigenvalue weighted by atomic mass is 10.2. The molecule has 0 bridgehead atoms. The van der Waals surface area contributed by atoms with E-state index in [-0.39, 0.29) is 16.9 Å². The molecule has 0 amide bonds. The van der Waals surface area contributed by atoms with Gasteiger partial charge in [0.15, 0.2) is 5.16 Å². The molecule has 9 nitrogen and oxygen atoms in total. The van der Waals surface area contributed by atoms with Crippen LogP contribution in [0, 0.1) is 0 Å². The van der Waals surface area contributed by atoms with Gasteiger partial charge in [0.25, 0.3) is 0 Å². The zero-order valence-electron chi connectivity index (χ0n) is 20.4. The first-order valence-corrected chi connectivity index (χ1v) is 12.9. The van der Waals surface area contributed by atoms with Gasteiger partial charge in [-0.15, -0.1) is 0 Å². The second-order valence-electron chi connectivity index (χ2n) is 7.75. The Hall–Kier alpha value is -3.89. The number of halogens is 1. The van der Waals surface area contributed by atoms with Crippen LogP contribution in [-0.2, 0) is 17.8 Å². The predicted octanol–water partition coefficient (Wildman–Crippen LogP) is 4.69. The molecule has 2 heterocycles. The number of nitrogens with zero attached hydrogens (tertiary/aromatic N) is 5. The first kappa shape index (κ1) is 26.2. The monoisotopic (exact) mass is 537 g/mol. The smallest absolute Gasteiger partial charge is 0.339 e. The van der Waals surface area contributed by atoms with Crippen molar-refractivity contribution in [2.75, 3.05) is 13.4 Å². The van der Waals surface area contributed by atoms with Gasteiger partial charge in [0.2, 0.25) is 5.62 Å². The Labute approximate surface area is 222 Å². The third-order valence-electron chi connectivity index (χ3n) is 5.32. The van der Waals surface area contributed by atoms with E-state index in [1.165, 1.54) is 31.3 Å². The second kappa shape index (κ2) is 11.9. The fourth-order valence-electron chi connectivity index (χ4n) is 3.49. The minimum Gasteiger partial charge on any atom is -0.465 e. The number of esters is 1. The largest absolute Gasteiger partial charge is 0.465 e. The molecule has 0 N–H and O–H groups in total. The van der Waals surface area contributed by atoms with Gasteiger partial charge >= 0.3 is 11.7 Å². The van der Waals surface area contributed by atoms with Crippen molar-refractivity contribution in [2.24, 2.45) is 4.99 Å². The molecule has 0 saturated heterocycles. The van der Waals surface area contributed by atoms with Gasteiger partial charge in [-0.05, 0) is 61.2 Å². The summed E-state index contributed by atoms with van der Waals surface area (Å²) < 4.78 is 13.7. The number of thioether (sulfide) groups is 1. The van der Waals surface area contributed by atoms with Crippen LogP contribution < -0.4 is 16.0 Å². The number of benzene rings is 2. The third-order valence-corrected chi connectivity index (χ3v) is 6.25. The Morgan fingerprint density at radius 2 is 1.78 bits per heavy atom. The Morgan fingerprint density at radius 3 is 2.43 bits per heavy atom. The van der Waals surface area contributed by atoms with Gasteiger partial charge in [-0.3, -0.25) is 14.1 Å². The SMILES string of the molecule is CCn1c(SC)n/c(=N\c2ccc(Oc3cncc(C(=O)OC)c3)cc2)n(Cc2ccc(Cl)cc2)c1=O. The normalized spacial score (nSPS) is 11.4. The van der Waals surface area contributed by atoms with Crippen LogP contribution >= 0.6 is 23.4 Å². The van der Waals surface area contributed by atoms with E-state index in [0.29, 0.717) is 40.5 Å². The Morgan fingerprint density at radius 1 is 1.05 bits per heavy atom. The van der Waals surface area contributed by atoms with Crippen molar-refractivity contribution in [1.29, 1.82) is 0 Å². The molecule has 0 unspecified atom stereocenters. The molecular weight excluding hydrogens is 514 g/mol. The van der Waals surface area contributed by atoms with Crippen molar-refractivity contribution in [2.45, 2.75) is 25.2 Å². The van der Waals surface area contributed by atoms with Crippen LogP contribution in [-0.4, -0.2) is 38.4 Å². The number of aromatic nitrogens is 4. The number of hydrogen-bond acceptors (Lipinski definition) is 8. The van der Waals surface area contributed by atoms with Crippen LogP contribution in [0.2, 0.25) is 5.02 Å². The van der Waals surface area contributed by atoms with Gasteiger partial charge < -0.3 is 9.47 Å². The number of carbonyl (C=O) groups is 1. The van der Waals surface area contributed by atoms with E-state index in [0.717, 1.165) is 5.56 Å². The highest BCUT2D eigenvalue weighted by Crippen LogP contribution is 2.24. The lowest BCUT2D eigenvalue weighted by Crippen LogP contribution is -2.43. The third kappa shape index (κ3) is 6.28. The summed E-state index contributed by atoms with van der Waals surface area (Å²) in [7, 11) is 1.30. The Balaban J connectivity index is 1.68. The number of ether oxygens (including phenoxy) is 2. The van der Waals surface area contributed by atoms with Gasteiger partial charge in [0.05, 0.1) is 31.1 Å². The van der Waals surface area contributed by atoms with E-state index in [9.17, 15) is 9.59 Å². The van der Waals surface area contributed by atoms with Crippen molar-refractivity contribution < 1.29 is 14.3 Å². The van der Waals surface area contributed by atoms with Crippen LogP contribution in [0.15, 0.2) is 81.9 Å². The van der Waals surface area contributed by atoms with Crippen LogP contribution in [0.1, 0.15) is 22.8 Å². The molecule has 4 rings (SSSR count). The summed E-state index contributed by atoms with van der Waals surface area (Å²) in [6.07, 6.45) is 4.78. The molecule has 37 heavy (non-hydrogen) atoms. The van der Waals surface area contributed by atoms with Crippen molar-refractivity contribution in [3.63, 3.8) is 0 Å². The highest BCUT2D eigenvalue weighted by Gasteiger charge is 2.12. The van der Waals surface area contributed by atoms with Crippen molar-refractivity contribution >= 4 is 35.0 Å². The average Bonchev–Trinajstić information content (AvgIpc) is 2.92. The van der Waals surface area contributed by atoms with E-state index < -0.39 is 5.97 Å². The molecule has 0 aliphatic rings. The standard InChI is InChI=1S/C26H24ClN5O4S/c1-4-31-25(37-3)30-24(32(26(31)34)16-17-5-7-19(27)8-6-17)29-20-9-11-21(12-10-20)36-22-13-18(14-28-15-22)23(33)35-2/h5-15H,4,16H2,1-3H3/b29-24+. The van der Waals surface area contributed by atoms with Gasteiger partial charge in [-0.1, -0.05) is 35.5 Å². The van der Waals surface area contributed by atoms with Gasteiger partial charge in [-0.2, -0.15) is 4.98 Å². The van der Waals surface area contributed by atoms with Gasteiger partial charge in [0, 0.05) is 17.8 Å². The fourth-order valence-corrected chi connectivity index (χ4v) is 4.21. The fraction of sp³-hybridized carbons (Fsp3) is 0.192. The second-order valence-corrected chi connectivity index (χ2v) is 8.96. The molecular formula is C26H24ClN5O4S. The quantitative estimate of drug-likeness (QED) is 0.237. The summed E-state index contributed by atoms with van der Waals surface area (Å²) in [5.74, 6) is 0.417. The van der Waals surface area contributed by atoms with Crippen molar-refractivity contribution in [3.8, 4) is 11.5 Å².